The Bertz CT molecular complexity index is 488. The summed E-state index contributed by atoms with van der Waals surface area (Å²) in [6, 6.07) is 0.432. The van der Waals surface area contributed by atoms with E-state index in [1.807, 2.05) is 4.68 Å². The van der Waals surface area contributed by atoms with Crippen LogP contribution in [0.2, 0.25) is 0 Å². The molecule has 3 atom stereocenters. The van der Waals surface area contributed by atoms with Crippen LogP contribution in [0.4, 0.5) is 0 Å². The highest BCUT2D eigenvalue weighted by molar-refractivity contribution is 7.99. The fourth-order valence-corrected chi connectivity index (χ4v) is 4.38. The third-order valence-electron chi connectivity index (χ3n) is 4.41. The number of tetrazole rings is 1. The molecule has 1 N–H and O–H groups in total. The van der Waals surface area contributed by atoms with Gasteiger partial charge in [0.15, 0.2) is 0 Å². The quantitative estimate of drug-likeness (QED) is 0.898. The molecule has 3 unspecified atom stereocenters. The Labute approximate surface area is 122 Å². The van der Waals surface area contributed by atoms with Crippen molar-refractivity contribution in [3.05, 3.63) is 0 Å². The van der Waals surface area contributed by atoms with E-state index in [-0.39, 0.29) is 11.2 Å². The number of aliphatic carboxylic acids is 1. The van der Waals surface area contributed by atoms with Gasteiger partial charge >= 0.3 is 5.97 Å². The number of aromatic nitrogens is 4. The third-order valence-corrected chi connectivity index (χ3v) is 5.71. The van der Waals surface area contributed by atoms with Gasteiger partial charge in [-0.25, -0.2) is 4.68 Å². The van der Waals surface area contributed by atoms with Crippen molar-refractivity contribution in [1.29, 1.82) is 0 Å². The van der Waals surface area contributed by atoms with Gasteiger partial charge in [0, 0.05) is 5.25 Å². The van der Waals surface area contributed by atoms with Crippen LogP contribution in [0.1, 0.15) is 51.5 Å². The maximum atomic E-state index is 11.4. The molecule has 110 valence electrons. The number of carboxylic acids is 1. The van der Waals surface area contributed by atoms with Crippen molar-refractivity contribution in [2.75, 3.05) is 0 Å². The van der Waals surface area contributed by atoms with Gasteiger partial charge in [-0.2, -0.15) is 0 Å². The molecule has 1 aromatic heterocycles. The zero-order valence-corrected chi connectivity index (χ0v) is 12.4. The monoisotopic (exact) mass is 296 g/mol. The molecule has 2 fully saturated rings. The van der Waals surface area contributed by atoms with E-state index in [2.05, 4.69) is 22.4 Å². The van der Waals surface area contributed by atoms with Crippen molar-refractivity contribution in [2.24, 2.45) is 11.8 Å². The van der Waals surface area contributed by atoms with Crippen LogP contribution in [0.25, 0.3) is 0 Å². The van der Waals surface area contributed by atoms with Crippen molar-refractivity contribution >= 4 is 17.7 Å². The molecule has 0 saturated heterocycles. The summed E-state index contributed by atoms with van der Waals surface area (Å²) in [5.41, 5.74) is 0. The highest BCUT2D eigenvalue weighted by Gasteiger charge is 2.37. The molecular weight excluding hydrogens is 276 g/mol. The molecule has 0 aliphatic heterocycles. The van der Waals surface area contributed by atoms with Crippen molar-refractivity contribution in [3.63, 3.8) is 0 Å². The van der Waals surface area contributed by atoms with Gasteiger partial charge in [0.2, 0.25) is 5.16 Å². The van der Waals surface area contributed by atoms with Crippen LogP contribution in [0.3, 0.4) is 0 Å². The van der Waals surface area contributed by atoms with E-state index in [0.29, 0.717) is 12.0 Å². The Balaban J connectivity index is 1.74. The van der Waals surface area contributed by atoms with Gasteiger partial charge in [0.1, 0.15) is 0 Å². The highest BCUT2D eigenvalue weighted by Crippen LogP contribution is 2.43. The summed E-state index contributed by atoms with van der Waals surface area (Å²) in [4.78, 5) is 11.4. The minimum atomic E-state index is -0.678. The molecule has 3 rings (SSSR count). The number of thioether (sulfide) groups is 1. The SMILES string of the molecule is CCC1CCC(C(=O)O)C(Sc2nnnn2C2CC2)C1. The zero-order valence-electron chi connectivity index (χ0n) is 11.6. The number of hydrogen-bond donors (Lipinski definition) is 1. The second-order valence-corrected chi connectivity index (χ2v) is 7.03. The van der Waals surface area contributed by atoms with Crippen LogP contribution in [0, 0.1) is 11.8 Å². The standard InChI is InChI=1S/C13H20N4O2S/c1-2-8-3-6-10(12(18)19)11(7-8)20-13-14-15-16-17(13)9-4-5-9/h8-11H,2-7H2,1H3,(H,18,19). The lowest BCUT2D eigenvalue weighted by molar-refractivity contribution is -0.142. The van der Waals surface area contributed by atoms with Gasteiger partial charge in [-0.3, -0.25) is 4.79 Å². The molecule has 1 aromatic rings. The topological polar surface area (TPSA) is 80.9 Å². The summed E-state index contributed by atoms with van der Waals surface area (Å²) >= 11 is 1.57. The first kappa shape index (κ1) is 13.9. The van der Waals surface area contributed by atoms with Crippen molar-refractivity contribution in [3.8, 4) is 0 Å². The molecule has 7 heteroatoms. The Morgan fingerprint density at radius 1 is 1.40 bits per heavy atom. The van der Waals surface area contributed by atoms with E-state index in [4.69, 9.17) is 0 Å². The predicted octanol–water partition coefficient (Wildman–Crippen LogP) is 2.38. The van der Waals surface area contributed by atoms with Crippen LogP contribution in [-0.4, -0.2) is 36.5 Å². The van der Waals surface area contributed by atoms with Gasteiger partial charge in [-0.15, -0.1) is 5.10 Å². The molecule has 1 heterocycles. The summed E-state index contributed by atoms with van der Waals surface area (Å²) in [6.07, 6.45) is 6.13. The molecule has 0 aromatic carbocycles. The van der Waals surface area contributed by atoms with Crippen molar-refractivity contribution in [2.45, 2.75) is 61.9 Å². The second-order valence-electron chi connectivity index (χ2n) is 5.83. The molecule has 0 radical (unpaired) electrons. The molecular formula is C13H20N4O2S. The first-order chi connectivity index (χ1) is 9.69. The number of carboxylic acid groups (broad SMARTS) is 1. The third kappa shape index (κ3) is 2.82. The van der Waals surface area contributed by atoms with Gasteiger partial charge in [0.25, 0.3) is 0 Å². The van der Waals surface area contributed by atoms with Crippen LogP contribution in [-0.2, 0) is 4.79 Å². The molecule has 0 bridgehead atoms. The van der Waals surface area contributed by atoms with Gasteiger partial charge in [-0.1, -0.05) is 25.1 Å². The fraction of sp³-hybridized carbons (Fsp3) is 0.846. The molecule has 0 spiro atoms. The lowest BCUT2D eigenvalue weighted by Gasteiger charge is -2.32. The summed E-state index contributed by atoms with van der Waals surface area (Å²) < 4.78 is 1.87. The minimum absolute atomic E-state index is 0.0923. The predicted molar refractivity (Wildman–Crippen MR) is 74.5 cm³/mol. The maximum absolute atomic E-state index is 11.4. The first-order valence-corrected chi connectivity index (χ1v) is 8.24. The summed E-state index contributed by atoms with van der Waals surface area (Å²) in [5.74, 6) is -0.317. The van der Waals surface area contributed by atoms with E-state index >= 15 is 0 Å². The van der Waals surface area contributed by atoms with Gasteiger partial charge < -0.3 is 5.11 Å². The molecule has 2 aliphatic carbocycles. The lowest BCUT2D eigenvalue weighted by atomic mass is 9.80. The summed E-state index contributed by atoms with van der Waals surface area (Å²) in [5, 5.41) is 22.2. The number of hydrogen-bond acceptors (Lipinski definition) is 5. The minimum Gasteiger partial charge on any atom is -0.481 e. The number of rotatable bonds is 5. The molecule has 2 saturated carbocycles. The molecule has 6 nitrogen and oxygen atoms in total. The molecule has 20 heavy (non-hydrogen) atoms. The van der Waals surface area contributed by atoms with Crippen LogP contribution in [0.5, 0.6) is 0 Å². The van der Waals surface area contributed by atoms with Crippen molar-refractivity contribution < 1.29 is 9.90 Å². The molecule has 2 aliphatic rings. The average Bonchev–Trinajstić information content (AvgIpc) is 3.19. The summed E-state index contributed by atoms with van der Waals surface area (Å²) in [6.45, 7) is 2.18. The Morgan fingerprint density at radius 2 is 2.20 bits per heavy atom. The van der Waals surface area contributed by atoms with Crippen molar-refractivity contribution in [1.82, 2.24) is 20.2 Å². The summed E-state index contributed by atoms with van der Waals surface area (Å²) in [7, 11) is 0. The number of carbonyl (C=O) groups is 1. The van der Waals surface area contributed by atoms with Gasteiger partial charge in [-0.05, 0) is 48.4 Å². The molecule has 0 amide bonds. The second kappa shape index (κ2) is 5.71. The Morgan fingerprint density at radius 3 is 2.85 bits per heavy atom. The van der Waals surface area contributed by atoms with E-state index in [0.717, 1.165) is 43.7 Å². The van der Waals surface area contributed by atoms with Crippen LogP contribution < -0.4 is 0 Å². The van der Waals surface area contributed by atoms with E-state index in [1.165, 1.54) is 0 Å². The largest absolute Gasteiger partial charge is 0.481 e. The van der Waals surface area contributed by atoms with E-state index in [1.54, 1.807) is 11.8 Å². The number of nitrogens with zero attached hydrogens (tertiary/aromatic N) is 4. The van der Waals surface area contributed by atoms with Gasteiger partial charge in [0.05, 0.1) is 12.0 Å². The first-order valence-electron chi connectivity index (χ1n) is 7.36. The van der Waals surface area contributed by atoms with E-state index < -0.39 is 5.97 Å². The smallest absolute Gasteiger partial charge is 0.307 e. The lowest BCUT2D eigenvalue weighted by Crippen LogP contribution is -2.33. The average molecular weight is 296 g/mol. The van der Waals surface area contributed by atoms with E-state index in [9.17, 15) is 9.90 Å². The van der Waals surface area contributed by atoms with Crippen LogP contribution >= 0.6 is 11.8 Å². The van der Waals surface area contributed by atoms with Crippen LogP contribution in [0.15, 0.2) is 5.16 Å². The Kier molecular flexibility index (Phi) is 3.96. The maximum Gasteiger partial charge on any atom is 0.307 e. The fourth-order valence-electron chi connectivity index (χ4n) is 2.94. The zero-order chi connectivity index (χ0) is 14.1. The Hall–Kier alpha value is -1.11. The normalized spacial score (nSPS) is 30.4. The highest BCUT2D eigenvalue weighted by atomic mass is 32.2.